The molecular formula is C54H62N4O8. The molecule has 3 aliphatic rings. The number of benzene rings is 4. The van der Waals surface area contributed by atoms with E-state index in [0.717, 1.165) is 105 Å². The van der Waals surface area contributed by atoms with E-state index in [1.54, 1.807) is 12.1 Å². The van der Waals surface area contributed by atoms with E-state index in [-0.39, 0.29) is 60.7 Å². The maximum atomic E-state index is 14.4. The number of ketones is 1. The average molecular weight is 895 g/mol. The molecule has 0 spiro atoms. The molecule has 0 saturated carbocycles. The van der Waals surface area contributed by atoms with Crippen LogP contribution in [0.1, 0.15) is 123 Å². The summed E-state index contributed by atoms with van der Waals surface area (Å²) in [6.07, 6.45) is 17.6. The minimum atomic E-state index is -1.28. The number of ether oxygens (including phenoxy) is 4. The molecule has 0 unspecified atom stereocenters. The van der Waals surface area contributed by atoms with Crippen LogP contribution in [0.4, 0.5) is 17.1 Å². The zero-order valence-electron chi connectivity index (χ0n) is 38.8. The van der Waals surface area contributed by atoms with Crippen molar-refractivity contribution in [2.24, 2.45) is 4.99 Å². The smallest absolute Gasteiger partial charge is 0.305 e. The van der Waals surface area contributed by atoms with Crippen molar-refractivity contribution in [3.63, 3.8) is 0 Å². The Morgan fingerprint density at radius 2 is 1.17 bits per heavy atom. The number of Topliss-reactive ketones (excluding diaryl/α,β-unsaturated/α-hetero) is 1. The highest BCUT2D eigenvalue weighted by Gasteiger charge is 2.40. The summed E-state index contributed by atoms with van der Waals surface area (Å²) in [6, 6.07) is 18.7. The van der Waals surface area contributed by atoms with E-state index in [9.17, 15) is 19.5 Å². The number of rotatable bonds is 21. The summed E-state index contributed by atoms with van der Waals surface area (Å²) < 4.78 is 22.9. The Labute approximate surface area is 387 Å². The van der Waals surface area contributed by atoms with Crippen molar-refractivity contribution in [1.29, 1.82) is 0 Å². The quantitative estimate of drug-likeness (QED) is 0.0359. The Morgan fingerprint density at radius 3 is 1.74 bits per heavy atom. The van der Waals surface area contributed by atoms with Gasteiger partial charge in [-0.25, -0.2) is 4.99 Å². The van der Waals surface area contributed by atoms with E-state index in [0.29, 0.717) is 40.4 Å². The van der Waals surface area contributed by atoms with Crippen molar-refractivity contribution in [2.75, 3.05) is 42.4 Å². The van der Waals surface area contributed by atoms with Crippen molar-refractivity contribution < 1.29 is 38.4 Å². The van der Waals surface area contributed by atoms with Crippen molar-refractivity contribution in [3.8, 4) is 24.1 Å². The topological polar surface area (TPSA) is 157 Å². The highest BCUT2D eigenvalue weighted by Crippen LogP contribution is 2.45. The summed E-state index contributed by atoms with van der Waals surface area (Å²) >= 11 is 0. The molecule has 0 amide bonds. The molecule has 4 N–H and O–H groups in total. The first-order valence-corrected chi connectivity index (χ1v) is 23.8. The number of anilines is 3. The standard InChI is InChI=1S/C54H62N4O8/c1-5-9-13-23-45(59)65-35-54(36-66-46(60)24-14-10-6-2)57-42-22-18-20-38-40(26-28-44(58-54)48(38)42)50-51(61)49(52(50)62)39-25-27-43-47-37(39)19-17-21-41(47)55-53(56-43,29-33-63-31-15-11-7-3)30-34-64-32-16-12-8-4/h17-22,25-28,55-57,61H,5-16,23-24,31-32,35-36H2,1-4H3/b50-40-. The highest BCUT2D eigenvalue weighted by molar-refractivity contribution is 6.53. The molecule has 0 aromatic heterocycles. The largest absolute Gasteiger partial charge is 0.506 e. The normalized spacial score (nSPS) is 15.7. The summed E-state index contributed by atoms with van der Waals surface area (Å²) in [4.78, 5) is 45.0. The minimum absolute atomic E-state index is 0.107. The molecule has 12 nitrogen and oxygen atoms in total. The predicted molar refractivity (Wildman–Crippen MR) is 260 cm³/mol. The Balaban J connectivity index is 1.22. The molecule has 12 heteroatoms. The van der Waals surface area contributed by atoms with E-state index < -0.39 is 11.3 Å². The molecule has 1 aliphatic carbocycles. The van der Waals surface area contributed by atoms with Crippen LogP contribution in [0.25, 0.3) is 32.7 Å². The second kappa shape index (κ2) is 22.0. The zero-order chi connectivity index (χ0) is 46.5. The molecule has 66 heavy (non-hydrogen) atoms. The number of nitrogens with one attached hydrogen (secondary N) is 3. The number of aliphatic hydroxyl groups is 1. The van der Waals surface area contributed by atoms with Gasteiger partial charge in [0.15, 0.2) is 5.66 Å². The minimum Gasteiger partial charge on any atom is -0.506 e. The lowest BCUT2D eigenvalue weighted by molar-refractivity contribution is -0.149. The van der Waals surface area contributed by atoms with Crippen molar-refractivity contribution in [3.05, 3.63) is 82.6 Å². The molecule has 0 bridgehead atoms. The Kier molecular flexibility index (Phi) is 15.8. The van der Waals surface area contributed by atoms with Crippen molar-refractivity contribution in [2.45, 2.75) is 129 Å². The summed E-state index contributed by atoms with van der Waals surface area (Å²) in [6.45, 7) is 9.16. The van der Waals surface area contributed by atoms with Crippen molar-refractivity contribution >= 4 is 67.5 Å². The number of carbonyl (C=O) groups excluding carboxylic acids is 3. The maximum Gasteiger partial charge on any atom is 0.305 e. The van der Waals surface area contributed by atoms with Gasteiger partial charge in [-0.15, -0.1) is 0 Å². The zero-order valence-corrected chi connectivity index (χ0v) is 38.8. The van der Waals surface area contributed by atoms with Crippen LogP contribution in [-0.4, -0.2) is 60.6 Å². The second-order valence-corrected chi connectivity index (χ2v) is 17.2. The van der Waals surface area contributed by atoms with Gasteiger partial charge < -0.3 is 40.0 Å². The van der Waals surface area contributed by atoms with E-state index >= 15 is 0 Å². The first-order valence-electron chi connectivity index (χ1n) is 23.8. The molecule has 2 aliphatic heterocycles. The number of esters is 2. The van der Waals surface area contributed by atoms with Gasteiger partial charge in [-0.2, -0.15) is 0 Å². The molecule has 346 valence electrons. The van der Waals surface area contributed by atoms with Crippen LogP contribution in [-0.2, 0) is 33.3 Å². The number of aliphatic hydroxyl groups excluding tert-OH is 1. The van der Waals surface area contributed by atoms with Crippen molar-refractivity contribution in [1.82, 2.24) is 0 Å². The monoisotopic (exact) mass is 894 g/mol. The lowest BCUT2D eigenvalue weighted by Gasteiger charge is -2.34. The van der Waals surface area contributed by atoms with Gasteiger partial charge in [0.1, 0.15) is 44.4 Å². The van der Waals surface area contributed by atoms with Crippen LogP contribution in [0.5, 0.6) is 0 Å². The van der Waals surface area contributed by atoms with Gasteiger partial charge in [0.05, 0.1) is 16.5 Å². The van der Waals surface area contributed by atoms with E-state index in [2.05, 4.69) is 67.7 Å². The predicted octanol–water partition coefficient (Wildman–Crippen LogP) is 9.55. The first kappa shape index (κ1) is 47.3. The van der Waals surface area contributed by atoms with Crippen LogP contribution in [0.2, 0.25) is 0 Å². The molecule has 4 aromatic rings. The van der Waals surface area contributed by atoms with Crippen LogP contribution in [0.3, 0.4) is 0 Å². The number of unbranched alkanes of at least 4 members (excludes halogenated alkanes) is 8. The third kappa shape index (κ3) is 10.6. The maximum absolute atomic E-state index is 14.4. The fraction of sp³-hybridized carbons (Fsp3) is 0.444. The van der Waals surface area contributed by atoms with Gasteiger partial charge in [-0.05, 0) is 71.5 Å². The van der Waals surface area contributed by atoms with Gasteiger partial charge in [0.25, 0.3) is 0 Å². The van der Waals surface area contributed by atoms with E-state index in [4.69, 9.17) is 23.9 Å². The summed E-state index contributed by atoms with van der Waals surface area (Å²) in [5, 5.41) is 26.4. The number of hydrogen-bond acceptors (Lipinski definition) is 12. The molecule has 0 saturated heterocycles. The number of allylic oxidation sites excluding steroid dienone is 2. The van der Waals surface area contributed by atoms with E-state index in [1.807, 2.05) is 48.5 Å². The molecule has 0 atom stereocenters. The average Bonchev–Trinajstić information content (AvgIpc) is 3.32. The molecule has 4 aromatic carbocycles. The van der Waals surface area contributed by atoms with Crippen LogP contribution < -0.4 is 26.5 Å². The summed E-state index contributed by atoms with van der Waals surface area (Å²) in [5.74, 6) is 5.24. The number of hydrogen-bond donors (Lipinski definition) is 4. The van der Waals surface area contributed by atoms with Crippen LogP contribution >= 0.6 is 0 Å². The molecule has 7 rings (SSSR count). The van der Waals surface area contributed by atoms with Gasteiger partial charge in [-0.3, -0.25) is 14.4 Å². The second-order valence-electron chi connectivity index (χ2n) is 17.2. The molecular weight excluding hydrogens is 833 g/mol. The number of nitrogens with zero attached hydrogens (tertiary/aromatic N) is 1. The van der Waals surface area contributed by atoms with Crippen LogP contribution in [0.15, 0.2) is 71.4 Å². The van der Waals surface area contributed by atoms with Gasteiger partial charge in [0, 0.05) is 52.5 Å². The fourth-order valence-electron chi connectivity index (χ4n) is 8.58. The SMILES string of the molecule is CCCCCOC#CC1(C#COCCCCC)Nc2cccc3c(C4=C(O)/C(=c5\ccc6c7c(cccc57)NC(COC(=O)CCCCC)(COC(=O)CCCCC)N=6)C4=O)ccc(c23)N1. The summed E-state index contributed by atoms with van der Waals surface area (Å²) in [5.41, 5.74) is 0.660. The molecule has 0 fully saturated rings. The fourth-order valence-corrected chi connectivity index (χ4v) is 8.58. The summed E-state index contributed by atoms with van der Waals surface area (Å²) in [7, 11) is 0. The Morgan fingerprint density at radius 1 is 0.621 bits per heavy atom. The van der Waals surface area contributed by atoms with Gasteiger partial charge in [0.2, 0.25) is 11.4 Å². The first-order chi connectivity index (χ1) is 32.2. The van der Waals surface area contributed by atoms with Crippen LogP contribution in [0, 0.1) is 24.1 Å². The highest BCUT2D eigenvalue weighted by atomic mass is 16.6. The third-order valence-corrected chi connectivity index (χ3v) is 12.1. The number of carbonyl (C=O) groups is 3. The Hall–Kier alpha value is -6.66. The molecule has 0 radical (unpaired) electrons. The lowest BCUT2D eigenvalue weighted by atomic mass is 9.79. The third-order valence-electron chi connectivity index (χ3n) is 12.1. The lowest BCUT2D eigenvalue weighted by Crippen LogP contribution is -2.50. The van der Waals surface area contributed by atoms with Gasteiger partial charge >= 0.3 is 11.9 Å². The molecule has 2 heterocycles. The van der Waals surface area contributed by atoms with E-state index in [1.165, 1.54) is 0 Å². The Bertz CT molecular complexity index is 2680. The van der Waals surface area contributed by atoms with Gasteiger partial charge in [-0.1, -0.05) is 115 Å².